The standard InChI is InChI=1S/C17H34O6/c1-8-9-10-13(15(18)19)11-14(21-23-17(5,6)7)12-20-22-16(2,3)4/h13-14H,8-12H2,1-7H3,(H,18,19). The first kappa shape index (κ1) is 22.3. The van der Waals surface area contributed by atoms with Crippen LogP contribution in [-0.2, 0) is 24.3 Å². The minimum absolute atomic E-state index is 0.114. The van der Waals surface area contributed by atoms with E-state index >= 15 is 0 Å². The number of aliphatic carboxylic acids is 1. The molecular formula is C17H34O6. The molecule has 2 unspecified atom stereocenters. The van der Waals surface area contributed by atoms with Gasteiger partial charge in [-0.05, 0) is 54.4 Å². The summed E-state index contributed by atoms with van der Waals surface area (Å²) in [6.45, 7) is 13.4. The zero-order chi connectivity index (χ0) is 18.1. The van der Waals surface area contributed by atoms with Crippen molar-refractivity contribution in [3.8, 4) is 0 Å². The van der Waals surface area contributed by atoms with E-state index in [9.17, 15) is 9.90 Å². The Balaban J connectivity index is 4.63. The molecule has 6 heteroatoms. The van der Waals surface area contributed by atoms with Crippen molar-refractivity contribution in [2.24, 2.45) is 5.92 Å². The molecule has 0 bridgehead atoms. The van der Waals surface area contributed by atoms with E-state index in [1.165, 1.54) is 0 Å². The number of carboxylic acids is 1. The fourth-order valence-corrected chi connectivity index (χ4v) is 1.74. The van der Waals surface area contributed by atoms with E-state index in [4.69, 9.17) is 19.6 Å². The third-order valence-electron chi connectivity index (χ3n) is 2.80. The monoisotopic (exact) mass is 334 g/mol. The highest BCUT2D eigenvalue weighted by molar-refractivity contribution is 5.69. The molecule has 0 amide bonds. The van der Waals surface area contributed by atoms with Crippen LogP contribution in [0.25, 0.3) is 0 Å². The number of carboxylic acid groups (broad SMARTS) is 1. The van der Waals surface area contributed by atoms with Crippen molar-refractivity contribution in [3.63, 3.8) is 0 Å². The van der Waals surface area contributed by atoms with Gasteiger partial charge in [-0.2, -0.15) is 0 Å². The third kappa shape index (κ3) is 13.4. The SMILES string of the molecule is CCCCC(CC(COOC(C)(C)C)OOC(C)(C)C)C(=O)O. The number of unbranched alkanes of at least 4 members (excludes halogenated alkanes) is 1. The van der Waals surface area contributed by atoms with E-state index in [1.807, 2.05) is 48.5 Å². The summed E-state index contributed by atoms with van der Waals surface area (Å²) in [5, 5.41) is 9.36. The largest absolute Gasteiger partial charge is 0.481 e. The molecule has 0 rings (SSSR count). The van der Waals surface area contributed by atoms with Crippen molar-refractivity contribution in [2.75, 3.05) is 6.61 Å². The molecule has 138 valence electrons. The molecular weight excluding hydrogens is 300 g/mol. The smallest absolute Gasteiger partial charge is 0.306 e. The second kappa shape index (κ2) is 10.2. The third-order valence-corrected chi connectivity index (χ3v) is 2.80. The Morgan fingerprint density at radius 2 is 1.61 bits per heavy atom. The maximum Gasteiger partial charge on any atom is 0.306 e. The normalized spacial score (nSPS) is 15.4. The molecule has 0 radical (unpaired) electrons. The number of hydrogen-bond donors (Lipinski definition) is 1. The Morgan fingerprint density at radius 1 is 1.04 bits per heavy atom. The summed E-state index contributed by atoms with van der Waals surface area (Å²) < 4.78 is 0. The van der Waals surface area contributed by atoms with Gasteiger partial charge in [0.05, 0.1) is 17.1 Å². The molecule has 0 saturated carbocycles. The summed E-state index contributed by atoms with van der Waals surface area (Å²) in [6, 6.07) is 0. The first-order valence-corrected chi connectivity index (χ1v) is 8.32. The van der Waals surface area contributed by atoms with E-state index in [0.717, 1.165) is 12.8 Å². The van der Waals surface area contributed by atoms with Gasteiger partial charge in [-0.3, -0.25) is 4.79 Å². The Morgan fingerprint density at radius 3 is 2.04 bits per heavy atom. The van der Waals surface area contributed by atoms with E-state index < -0.39 is 29.2 Å². The van der Waals surface area contributed by atoms with Gasteiger partial charge in [-0.15, -0.1) is 0 Å². The van der Waals surface area contributed by atoms with Gasteiger partial charge in [0.2, 0.25) is 0 Å². The van der Waals surface area contributed by atoms with Gasteiger partial charge in [-0.25, -0.2) is 19.6 Å². The fraction of sp³-hybridized carbons (Fsp3) is 0.941. The molecule has 0 aliphatic carbocycles. The van der Waals surface area contributed by atoms with E-state index in [2.05, 4.69) is 0 Å². The number of rotatable bonds is 11. The van der Waals surface area contributed by atoms with Gasteiger partial charge in [0, 0.05) is 0 Å². The topological polar surface area (TPSA) is 74.2 Å². The van der Waals surface area contributed by atoms with Gasteiger partial charge in [-0.1, -0.05) is 19.8 Å². The van der Waals surface area contributed by atoms with Crippen molar-refractivity contribution >= 4 is 5.97 Å². The molecule has 0 aliphatic rings. The molecule has 1 N–H and O–H groups in total. The molecule has 0 aliphatic heterocycles. The average Bonchev–Trinajstić information content (AvgIpc) is 2.37. The molecule has 2 atom stereocenters. The van der Waals surface area contributed by atoms with Crippen molar-refractivity contribution in [1.82, 2.24) is 0 Å². The molecule has 0 saturated heterocycles. The zero-order valence-corrected chi connectivity index (χ0v) is 15.7. The van der Waals surface area contributed by atoms with Crippen LogP contribution >= 0.6 is 0 Å². The summed E-state index contributed by atoms with van der Waals surface area (Å²) in [6.07, 6.45) is 2.25. The minimum atomic E-state index is -0.820. The van der Waals surface area contributed by atoms with Gasteiger partial charge in [0.25, 0.3) is 0 Å². The van der Waals surface area contributed by atoms with E-state index in [-0.39, 0.29) is 6.61 Å². The lowest BCUT2D eigenvalue weighted by atomic mass is 9.96. The lowest BCUT2D eigenvalue weighted by molar-refractivity contribution is -0.411. The molecule has 0 aromatic heterocycles. The highest BCUT2D eigenvalue weighted by Crippen LogP contribution is 2.20. The predicted molar refractivity (Wildman–Crippen MR) is 87.8 cm³/mol. The minimum Gasteiger partial charge on any atom is -0.481 e. The Bertz CT molecular complexity index is 329. The van der Waals surface area contributed by atoms with Crippen LogP contribution in [0.15, 0.2) is 0 Å². The van der Waals surface area contributed by atoms with Crippen LogP contribution in [0, 0.1) is 5.92 Å². The summed E-state index contributed by atoms with van der Waals surface area (Å²) in [4.78, 5) is 32.6. The summed E-state index contributed by atoms with van der Waals surface area (Å²) in [7, 11) is 0. The number of carbonyl (C=O) groups is 1. The van der Waals surface area contributed by atoms with Crippen molar-refractivity contribution in [2.45, 2.75) is 91.5 Å². The number of hydrogen-bond acceptors (Lipinski definition) is 5. The second-order valence-electron chi connectivity index (χ2n) is 7.81. The van der Waals surface area contributed by atoms with Gasteiger partial charge in [0.15, 0.2) is 0 Å². The Labute approximate surface area is 140 Å². The second-order valence-corrected chi connectivity index (χ2v) is 7.81. The summed E-state index contributed by atoms with van der Waals surface area (Å²) in [5.74, 6) is -1.30. The van der Waals surface area contributed by atoms with Gasteiger partial charge < -0.3 is 5.11 Å². The quantitative estimate of drug-likeness (QED) is 0.452. The maximum atomic E-state index is 11.4. The average molecular weight is 334 g/mol. The fourth-order valence-electron chi connectivity index (χ4n) is 1.74. The maximum absolute atomic E-state index is 11.4. The zero-order valence-electron chi connectivity index (χ0n) is 15.7. The Kier molecular flexibility index (Phi) is 9.93. The summed E-state index contributed by atoms with van der Waals surface area (Å²) in [5.41, 5.74) is -0.922. The van der Waals surface area contributed by atoms with E-state index in [1.54, 1.807) is 0 Å². The first-order valence-electron chi connectivity index (χ1n) is 8.32. The highest BCUT2D eigenvalue weighted by Gasteiger charge is 2.26. The molecule has 0 spiro atoms. The summed E-state index contributed by atoms with van der Waals surface area (Å²) >= 11 is 0. The van der Waals surface area contributed by atoms with Gasteiger partial charge in [0.1, 0.15) is 12.7 Å². The lowest BCUT2D eigenvalue weighted by Gasteiger charge is -2.26. The van der Waals surface area contributed by atoms with Crippen LogP contribution in [0.3, 0.4) is 0 Å². The molecule has 0 heterocycles. The van der Waals surface area contributed by atoms with E-state index in [0.29, 0.717) is 12.8 Å². The van der Waals surface area contributed by atoms with Gasteiger partial charge >= 0.3 is 5.97 Å². The van der Waals surface area contributed by atoms with Crippen molar-refractivity contribution in [1.29, 1.82) is 0 Å². The molecule has 6 nitrogen and oxygen atoms in total. The highest BCUT2D eigenvalue weighted by atomic mass is 17.2. The van der Waals surface area contributed by atoms with Crippen LogP contribution in [0.4, 0.5) is 0 Å². The van der Waals surface area contributed by atoms with Crippen LogP contribution in [-0.4, -0.2) is 35.0 Å². The lowest BCUT2D eigenvalue weighted by Crippen LogP contribution is -2.32. The molecule has 0 aromatic rings. The van der Waals surface area contributed by atoms with Crippen LogP contribution in [0.1, 0.15) is 74.1 Å². The van der Waals surface area contributed by atoms with Crippen LogP contribution in [0.2, 0.25) is 0 Å². The molecule has 0 aromatic carbocycles. The molecule has 23 heavy (non-hydrogen) atoms. The van der Waals surface area contributed by atoms with Crippen LogP contribution < -0.4 is 0 Å². The van der Waals surface area contributed by atoms with Crippen molar-refractivity contribution in [3.05, 3.63) is 0 Å². The first-order chi connectivity index (χ1) is 10.4. The van der Waals surface area contributed by atoms with Crippen molar-refractivity contribution < 1.29 is 29.5 Å². The predicted octanol–water partition coefficient (Wildman–Crippen LogP) is 4.13. The molecule has 0 fully saturated rings. The van der Waals surface area contributed by atoms with Crippen LogP contribution in [0.5, 0.6) is 0 Å². The Hall–Kier alpha value is -0.690.